The first-order chi connectivity index (χ1) is 12.3. The third-order valence-electron chi connectivity index (χ3n) is 7.30. The summed E-state index contributed by atoms with van der Waals surface area (Å²) in [5.74, 6) is 2.99. The van der Waals surface area contributed by atoms with Crippen molar-refractivity contribution < 1.29 is 0 Å². The van der Waals surface area contributed by atoms with Gasteiger partial charge in [-0.25, -0.2) is 0 Å². The van der Waals surface area contributed by atoms with Gasteiger partial charge in [0.1, 0.15) is 0 Å². The van der Waals surface area contributed by atoms with E-state index in [1.165, 1.54) is 116 Å². The summed E-state index contributed by atoms with van der Waals surface area (Å²) in [5, 5.41) is 3.93. The van der Waals surface area contributed by atoms with Crippen LogP contribution < -0.4 is 5.32 Å². The van der Waals surface area contributed by atoms with E-state index in [0.717, 1.165) is 23.8 Å². The summed E-state index contributed by atoms with van der Waals surface area (Å²) in [5.41, 5.74) is 0. The van der Waals surface area contributed by atoms with Gasteiger partial charge in [-0.2, -0.15) is 0 Å². The molecule has 0 aromatic carbocycles. The van der Waals surface area contributed by atoms with E-state index in [1.807, 2.05) is 0 Å². The molecule has 2 unspecified atom stereocenters. The second kappa shape index (κ2) is 13.2. The quantitative estimate of drug-likeness (QED) is 0.425. The van der Waals surface area contributed by atoms with E-state index in [2.05, 4.69) is 19.2 Å². The van der Waals surface area contributed by atoms with E-state index >= 15 is 0 Å². The number of rotatable bonds is 9. The molecule has 0 amide bonds. The second-order valence-corrected chi connectivity index (χ2v) is 9.33. The molecule has 0 spiro atoms. The van der Waals surface area contributed by atoms with Crippen molar-refractivity contribution in [1.82, 2.24) is 5.32 Å². The molecule has 2 rings (SSSR count). The molecule has 0 bridgehead atoms. The number of hydrogen-bond donors (Lipinski definition) is 1. The van der Waals surface area contributed by atoms with Gasteiger partial charge in [0.15, 0.2) is 0 Å². The van der Waals surface area contributed by atoms with Crippen molar-refractivity contribution in [3.05, 3.63) is 0 Å². The summed E-state index contributed by atoms with van der Waals surface area (Å²) in [4.78, 5) is 0. The summed E-state index contributed by atoms with van der Waals surface area (Å²) in [7, 11) is 0. The lowest BCUT2D eigenvalue weighted by molar-refractivity contribution is 0.170. The minimum absolute atomic E-state index is 0.841. The zero-order chi connectivity index (χ0) is 17.7. The molecule has 1 saturated carbocycles. The van der Waals surface area contributed by atoms with Crippen molar-refractivity contribution in [2.24, 2.45) is 17.8 Å². The Bertz CT molecular complexity index is 295. The molecule has 1 nitrogen and oxygen atoms in total. The molecule has 1 aliphatic carbocycles. The van der Waals surface area contributed by atoms with Crippen LogP contribution in [0, 0.1) is 17.8 Å². The largest absolute Gasteiger partial charge is 0.314 e. The van der Waals surface area contributed by atoms with E-state index < -0.39 is 0 Å². The predicted molar refractivity (Wildman–Crippen MR) is 112 cm³/mol. The third-order valence-corrected chi connectivity index (χ3v) is 7.30. The van der Waals surface area contributed by atoms with Crippen LogP contribution in [0.15, 0.2) is 0 Å². The SMILES string of the molecule is CCCCCCCCC(C)C1CCC(C2CCCCCCCN2)CC1. The highest BCUT2D eigenvalue weighted by molar-refractivity contribution is 4.84. The highest BCUT2D eigenvalue weighted by Gasteiger charge is 2.29. The van der Waals surface area contributed by atoms with Gasteiger partial charge < -0.3 is 5.32 Å². The lowest BCUT2D eigenvalue weighted by Crippen LogP contribution is -2.39. The van der Waals surface area contributed by atoms with Crippen LogP contribution in [-0.2, 0) is 0 Å². The van der Waals surface area contributed by atoms with Crippen LogP contribution in [0.3, 0.4) is 0 Å². The van der Waals surface area contributed by atoms with Crippen molar-refractivity contribution in [2.75, 3.05) is 6.54 Å². The van der Waals surface area contributed by atoms with Gasteiger partial charge in [-0.15, -0.1) is 0 Å². The Labute approximate surface area is 159 Å². The molecule has 2 aliphatic rings. The van der Waals surface area contributed by atoms with Gasteiger partial charge in [0, 0.05) is 6.04 Å². The van der Waals surface area contributed by atoms with E-state index in [-0.39, 0.29) is 0 Å². The first-order valence-corrected chi connectivity index (χ1v) is 12.0. The fourth-order valence-corrected chi connectivity index (χ4v) is 5.41. The summed E-state index contributed by atoms with van der Waals surface area (Å²) in [6.45, 7) is 6.14. The Hall–Kier alpha value is -0.0400. The molecule has 0 aromatic heterocycles. The Kier molecular flexibility index (Phi) is 11.2. The maximum absolute atomic E-state index is 3.93. The van der Waals surface area contributed by atoms with E-state index in [9.17, 15) is 0 Å². The summed E-state index contributed by atoms with van der Waals surface area (Å²) < 4.78 is 0. The molecular formula is C24H47N. The standard InChI is InChI=1S/C24H47N/c1-3-4-5-6-8-11-14-21(2)22-16-18-23(19-17-22)24-15-12-9-7-10-13-20-25-24/h21-25H,3-20H2,1-2H3. The highest BCUT2D eigenvalue weighted by Crippen LogP contribution is 2.37. The third kappa shape index (κ3) is 8.46. The van der Waals surface area contributed by atoms with Crippen molar-refractivity contribution >= 4 is 0 Å². The predicted octanol–water partition coefficient (Wildman–Crippen LogP) is 7.49. The van der Waals surface area contributed by atoms with Gasteiger partial charge in [0.05, 0.1) is 0 Å². The van der Waals surface area contributed by atoms with Crippen LogP contribution in [0.25, 0.3) is 0 Å². The maximum Gasteiger partial charge on any atom is 0.00953 e. The van der Waals surface area contributed by atoms with Crippen LogP contribution in [0.4, 0.5) is 0 Å². The molecule has 1 saturated heterocycles. The second-order valence-electron chi connectivity index (χ2n) is 9.33. The highest BCUT2D eigenvalue weighted by atomic mass is 14.9. The summed E-state index contributed by atoms with van der Waals surface area (Å²) in [6, 6.07) is 0.841. The normalized spacial score (nSPS) is 30.2. The molecule has 25 heavy (non-hydrogen) atoms. The average molecular weight is 350 g/mol. The smallest absolute Gasteiger partial charge is 0.00953 e. The molecule has 1 heterocycles. The van der Waals surface area contributed by atoms with Gasteiger partial charge in [0.25, 0.3) is 0 Å². The van der Waals surface area contributed by atoms with Crippen LogP contribution >= 0.6 is 0 Å². The van der Waals surface area contributed by atoms with Crippen LogP contribution in [0.5, 0.6) is 0 Å². The topological polar surface area (TPSA) is 12.0 Å². The molecule has 2 fully saturated rings. The Morgan fingerprint density at radius 3 is 2.24 bits per heavy atom. The molecule has 0 radical (unpaired) electrons. The zero-order valence-corrected chi connectivity index (χ0v) is 17.5. The monoisotopic (exact) mass is 349 g/mol. The fraction of sp³-hybridized carbons (Fsp3) is 1.00. The van der Waals surface area contributed by atoms with Gasteiger partial charge >= 0.3 is 0 Å². The Balaban J connectivity index is 1.60. The van der Waals surface area contributed by atoms with Crippen LogP contribution in [0.1, 0.15) is 123 Å². The zero-order valence-electron chi connectivity index (χ0n) is 17.5. The van der Waals surface area contributed by atoms with Crippen molar-refractivity contribution in [1.29, 1.82) is 0 Å². The Morgan fingerprint density at radius 1 is 0.760 bits per heavy atom. The first kappa shape index (κ1) is 21.3. The van der Waals surface area contributed by atoms with E-state index in [4.69, 9.17) is 0 Å². The minimum Gasteiger partial charge on any atom is -0.314 e. The van der Waals surface area contributed by atoms with E-state index in [1.54, 1.807) is 0 Å². The molecular weight excluding hydrogens is 302 g/mol. The summed E-state index contributed by atoms with van der Waals surface area (Å²) in [6.07, 6.45) is 24.9. The van der Waals surface area contributed by atoms with Crippen LogP contribution in [0.2, 0.25) is 0 Å². The molecule has 0 aromatic rings. The van der Waals surface area contributed by atoms with Crippen LogP contribution in [-0.4, -0.2) is 12.6 Å². The molecule has 1 N–H and O–H groups in total. The van der Waals surface area contributed by atoms with Gasteiger partial charge in [-0.1, -0.05) is 84.5 Å². The molecule has 1 heteroatoms. The van der Waals surface area contributed by atoms with Gasteiger partial charge in [-0.3, -0.25) is 0 Å². The van der Waals surface area contributed by atoms with E-state index in [0.29, 0.717) is 0 Å². The molecule has 1 aliphatic heterocycles. The minimum atomic E-state index is 0.841. The summed E-state index contributed by atoms with van der Waals surface area (Å²) >= 11 is 0. The number of nitrogens with one attached hydrogen (secondary N) is 1. The molecule has 148 valence electrons. The maximum atomic E-state index is 3.93. The fourth-order valence-electron chi connectivity index (χ4n) is 5.41. The number of unbranched alkanes of at least 4 members (excludes halogenated alkanes) is 5. The number of hydrogen-bond acceptors (Lipinski definition) is 1. The Morgan fingerprint density at radius 2 is 1.44 bits per heavy atom. The van der Waals surface area contributed by atoms with Crippen molar-refractivity contribution in [3.8, 4) is 0 Å². The lowest BCUT2D eigenvalue weighted by atomic mass is 9.72. The first-order valence-electron chi connectivity index (χ1n) is 12.0. The lowest BCUT2D eigenvalue weighted by Gasteiger charge is -2.36. The van der Waals surface area contributed by atoms with Gasteiger partial charge in [-0.05, 0) is 62.8 Å². The van der Waals surface area contributed by atoms with Gasteiger partial charge in [0.2, 0.25) is 0 Å². The van der Waals surface area contributed by atoms with Crippen molar-refractivity contribution in [3.63, 3.8) is 0 Å². The van der Waals surface area contributed by atoms with Crippen molar-refractivity contribution in [2.45, 2.75) is 129 Å². The molecule has 2 atom stereocenters. The average Bonchev–Trinajstić information content (AvgIpc) is 2.78.